The molecule has 1 aliphatic heterocycles. The van der Waals surface area contributed by atoms with Crippen molar-refractivity contribution in [3.8, 4) is 0 Å². The molecule has 0 saturated carbocycles. The van der Waals surface area contributed by atoms with Gasteiger partial charge in [0.05, 0.1) is 0 Å². The Morgan fingerprint density at radius 2 is 2.36 bits per heavy atom. The van der Waals surface area contributed by atoms with Gasteiger partial charge in [0.25, 0.3) is 0 Å². The number of halogens is 1. The number of hydrogen-bond acceptors (Lipinski definition) is 2. The zero-order chi connectivity index (χ0) is 10.1. The summed E-state index contributed by atoms with van der Waals surface area (Å²) in [5, 5.41) is 3.96. The first-order chi connectivity index (χ1) is 6.68. The van der Waals surface area contributed by atoms with Crippen LogP contribution >= 0.6 is 11.6 Å². The van der Waals surface area contributed by atoms with Crippen molar-refractivity contribution in [2.24, 2.45) is 0 Å². The molecule has 0 spiro atoms. The van der Waals surface area contributed by atoms with Crippen LogP contribution in [0, 0.1) is 0 Å². The van der Waals surface area contributed by atoms with Crippen molar-refractivity contribution in [1.29, 1.82) is 0 Å². The minimum atomic E-state index is 0.0449. The van der Waals surface area contributed by atoms with E-state index in [1.165, 1.54) is 0 Å². The molecule has 0 aromatic heterocycles. The minimum Gasteiger partial charge on any atom is -0.385 e. The van der Waals surface area contributed by atoms with Crippen LogP contribution in [-0.2, 0) is 4.79 Å². The first-order valence-electron chi connectivity index (χ1n) is 4.72. The lowest BCUT2D eigenvalue weighted by Gasteiger charge is -2.24. The van der Waals surface area contributed by atoms with Crippen molar-refractivity contribution in [1.82, 2.24) is 0 Å². The molecule has 14 heavy (non-hydrogen) atoms. The van der Waals surface area contributed by atoms with Crippen LogP contribution in [0.1, 0.15) is 24.8 Å². The summed E-state index contributed by atoms with van der Waals surface area (Å²) in [4.78, 5) is 11.4. The van der Waals surface area contributed by atoms with Gasteiger partial charge in [0.1, 0.15) is 5.78 Å². The lowest BCUT2D eigenvalue weighted by atomic mass is 9.88. The predicted molar refractivity (Wildman–Crippen MR) is 58.0 cm³/mol. The van der Waals surface area contributed by atoms with E-state index >= 15 is 0 Å². The van der Waals surface area contributed by atoms with Crippen molar-refractivity contribution in [2.75, 3.05) is 11.9 Å². The van der Waals surface area contributed by atoms with E-state index in [1.807, 2.05) is 18.2 Å². The Bertz CT molecular complexity index is 376. The molecule has 1 heterocycles. The first-order valence-corrected chi connectivity index (χ1v) is 5.10. The Kier molecular flexibility index (Phi) is 2.46. The van der Waals surface area contributed by atoms with E-state index in [-0.39, 0.29) is 11.7 Å². The molecule has 1 atom stereocenters. The number of benzene rings is 1. The molecule has 1 N–H and O–H groups in total. The molecule has 3 heteroatoms. The molecular formula is C11H12ClNO. The Labute approximate surface area is 88.3 Å². The molecule has 2 nitrogen and oxygen atoms in total. The number of fused-ring (bicyclic) bond motifs is 1. The Morgan fingerprint density at radius 3 is 3.07 bits per heavy atom. The van der Waals surface area contributed by atoms with E-state index in [0.717, 1.165) is 24.2 Å². The zero-order valence-electron chi connectivity index (χ0n) is 8.01. The number of ketones is 1. The van der Waals surface area contributed by atoms with Gasteiger partial charge >= 0.3 is 0 Å². The maximum absolute atomic E-state index is 11.4. The van der Waals surface area contributed by atoms with E-state index in [2.05, 4.69) is 5.32 Å². The van der Waals surface area contributed by atoms with Gasteiger partial charge in [-0.3, -0.25) is 4.79 Å². The number of rotatable bonds is 1. The van der Waals surface area contributed by atoms with Crippen molar-refractivity contribution >= 4 is 23.1 Å². The molecular weight excluding hydrogens is 198 g/mol. The Hall–Kier alpha value is -1.02. The van der Waals surface area contributed by atoms with Crippen LogP contribution in [0.5, 0.6) is 0 Å². The van der Waals surface area contributed by atoms with Gasteiger partial charge in [-0.05, 0) is 31.0 Å². The molecule has 0 aliphatic carbocycles. The van der Waals surface area contributed by atoms with Gasteiger partial charge in [-0.25, -0.2) is 0 Å². The van der Waals surface area contributed by atoms with Gasteiger partial charge in [0.15, 0.2) is 0 Å². The van der Waals surface area contributed by atoms with Crippen molar-refractivity contribution in [3.05, 3.63) is 28.8 Å². The second-order valence-corrected chi connectivity index (χ2v) is 4.05. The van der Waals surface area contributed by atoms with Crippen molar-refractivity contribution in [2.45, 2.75) is 19.3 Å². The van der Waals surface area contributed by atoms with Gasteiger partial charge < -0.3 is 5.32 Å². The van der Waals surface area contributed by atoms with Crippen LogP contribution in [0.2, 0.25) is 5.02 Å². The lowest BCUT2D eigenvalue weighted by Crippen LogP contribution is -2.21. The first kappa shape index (κ1) is 9.53. The standard InChI is InChI=1S/C11H12ClNO/c1-7(14)9-4-5-13-11-6-8(12)2-3-10(9)11/h2-3,6,9,13H,4-5H2,1H3. The molecule has 1 unspecified atom stereocenters. The molecule has 0 amide bonds. The van der Waals surface area contributed by atoms with Gasteiger partial charge in [0, 0.05) is 23.2 Å². The number of hydrogen-bond donors (Lipinski definition) is 1. The molecule has 1 aromatic carbocycles. The average molecular weight is 210 g/mol. The lowest BCUT2D eigenvalue weighted by molar-refractivity contribution is -0.118. The summed E-state index contributed by atoms with van der Waals surface area (Å²) in [6.07, 6.45) is 0.879. The highest BCUT2D eigenvalue weighted by molar-refractivity contribution is 6.30. The highest BCUT2D eigenvalue weighted by Gasteiger charge is 2.23. The summed E-state index contributed by atoms with van der Waals surface area (Å²) in [7, 11) is 0. The second kappa shape index (κ2) is 3.62. The number of nitrogens with one attached hydrogen (secondary N) is 1. The fourth-order valence-electron chi connectivity index (χ4n) is 1.91. The van der Waals surface area contributed by atoms with Crippen LogP contribution in [0.15, 0.2) is 18.2 Å². The maximum atomic E-state index is 11.4. The van der Waals surface area contributed by atoms with Crippen molar-refractivity contribution < 1.29 is 4.79 Å². The monoisotopic (exact) mass is 209 g/mol. The smallest absolute Gasteiger partial charge is 0.137 e. The zero-order valence-corrected chi connectivity index (χ0v) is 8.77. The number of Topliss-reactive ketones (excluding diaryl/α,β-unsaturated/α-hetero) is 1. The summed E-state index contributed by atoms with van der Waals surface area (Å²) in [6.45, 7) is 2.49. The third-order valence-corrected chi connectivity index (χ3v) is 2.87. The van der Waals surface area contributed by atoms with E-state index in [9.17, 15) is 4.79 Å². The van der Waals surface area contributed by atoms with Crippen molar-refractivity contribution in [3.63, 3.8) is 0 Å². The van der Waals surface area contributed by atoms with E-state index in [1.54, 1.807) is 6.92 Å². The fourth-order valence-corrected chi connectivity index (χ4v) is 2.09. The van der Waals surface area contributed by atoms with Gasteiger partial charge in [-0.15, -0.1) is 0 Å². The number of anilines is 1. The Morgan fingerprint density at radius 1 is 1.57 bits per heavy atom. The molecule has 0 bridgehead atoms. The fraction of sp³-hybridized carbons (Fsp3) is 0.364. The topological polar surface area (TPSA) is 29.1 Å². The summed E-state index contributed by atoms with van der Waals surface area (Å²) in [6, 6.07) is 5.66. The Balaban J connectivity index is 2.44. The summed E-state index contributed by atoms with van der Waals surface area (Å²) >= 11 is 5.88. The predicted octanol–water partition coefficient (Wildman–Crippen LogP) is 2.83. The third kappa shape index (κ3) is 1.62. The summed E-state index contributed by atoms with van der Waals surface area (Å²) in [5.41, 5.74) is 2.08. The maximum Gasteiger partial charge on any atom is 0.137 e. The van der Waals surface area contributed by atoms with Crippen LogP contribution in [0.4, 0.5) is 5.69 Å². The normalized spacial score (nSPS) is 19.7. The summed E-state index contributed by atoms with van der Waals surface area (Å²) in [5.74, 6) is 0.276. The van der Waals surface area contributed by atoms with Crippen LogP contribution < -0.4 is 5.32 Å². The molecule has 0 fully saturated rings. The molecule has 1 aromatic rings. The van der Waals surface area contributed by atoms with Gasteiger partial charge in [-0.2, -0.15) is 0 Å². The SMILES string of the molecule is CC(=O)C1CCNc2cc(Cl)ccc21. The van der Waals surface area contributed by atoms with E-state index in [4.69, 9.17) is 11.6 Å². The number of carbonyl (C=O) groups excluding carboxylic acids is 1. The largest absolute Gasteiger partial charge is 0.385 e. The highest BCUT2D eigenvalue weighted by Crippen LogP contribution is 2.33. The van der Waals surface area contributed by atoms with E-state index in [0.29, 0.717) is 5.02 Å². The van der Waals surface area contributed by atoms with Gasteiger partial charge in [0.2, 0.25) is 0 Å². The molecule has 1 aliphatic rings. The number of carbonyl (C=O) groups is 1. The highest BCUT2D eigenvalue weighted by atomic mass is 35.5. The summed E-state index contributed by atoms with van der Waals surface area (Å²) < 4.78 is 0. The van der Waals surface area contributed by atoms with Crippen LogP contribution in [-0.4, -0.2) is 12.3 Å². The molecule has 0 saturated heterocycles. The quantitative estimate of drug-likeness (QED) is 0.771. The second-order valence-electron chi connectivity index (χ2n) is 3.61. The van der Waals surface area contributed by atoms with E-state index < -0.39 is 0 Å². The van der Waals surface area contributed by atoms with Crippen LogP contribution in [0.25, 0.3) is 0 Å². The molecule has 2 rings (SSSR count). The molecule has 0 radical (unpaired) electrons. The third-order valence-electron chi connectivity index (χ3n) is 2.63. The van der Waals surface area contributed by atoms with Crippen LogP contribution in [0.3, 0.4) is 0 Å². The molecule has 74 valence electrons. The average Bonchev–Trinajstić information content (AvgIpc) is 2.16. The van der Waals surface area contributed by atoms with Gasteiger partial charge in [-0.1, -0.05) is 17.7 Å². The minimum absolute atomic E-state index is 0.0449.